The number of hydrogen-bond acceptors (Lipinski definition) is 4. The highest BCUT2D eigenvalue weighted by Gasteiger charge is 2.36. The maximum atomic E-state index is 12.9. The molecule has 0 saturated carbocycles. The van der Waals surface area contributed by atoms with Crippen molar-refractivity contribution in [2.45, 2.75) is 26.3 Å². The molecule has 1 amide bonds. The molecule has 1 aromatic carbocycles. The molecule has 32 heavy (non-hydrogen) atoms. The highest BCUT2D eigenvalue weighted by molar-refractivity contribution is 5.99. The number of aliphatic carboxylic acids is 1. The Balaban J connectivity index is 0.000000308. The number of benzene rings is 1. The molecule has 3 heterocycles. The van der Waals surface area contributed by atoms with Crippen LogP contribution in [0.3, 0.4) is 0 Å². The number of carboxylic acid groups (broad SMARTS) is 1. The van der Waals surface area contributed by atoms with Crippen LogP contribution in [-0.4, -0.2) is 77.6 Å². The third-order valence-corrected chi connectivity index (χ3v) is 6.09. The fraction of sp³-hybridized carbons (Fsp3) is 0.440. The molecule has 3 N–H and O–H groups in total. The minimum atomic E-state index is -0.981. The number of hydrogen-bond donors (Lipinski definition) is 3. The van der Waals surface area contributed by atoms with Gasteiger partial charge in [0.2, 0.25) is 5.91 Å². The first kappa shape index (κ1) is 23.8. The lowest BCUT2D eigenvalue weighted by atomic mass is 9.79. The van der Waals surface area contributed by atoms with Crippen LogP contribution < -0.4 is 5.32 Å². The second-order valence-electron chi connectivity index (χ2n) is 8.23. The summed E-state index contributed by atoms with van der Waals surface area (Å²) in [5, 5.41) is 11.9. The first-order valence-electron chi connectivity index (χ1n) is 11.3. The van der Waals surface area contributed by atoms with E-state index in [0.29, 0.717) is 6.04 Å². The number of nitrogens with one attached hydrogen (secondary N) is 2. The van der Waals surface area contributed by atoms with Crippen molar-refractivity contribution in [2.75, 3.05) is 39.8 Å². The largest absolute Gasteiger partial charge is 0.478 e. The Labute approximate surface area is 189 Å². The van der Waals surface area contributed by atoms with E-state index in [2.05, 4.69) is 73.1 Å². The van der Waals surface area contributed by atoms with Gasteiger partial charge in [0, 0.05) is 61.9 Å². The summed E-state index contributed by atoms with van der Waals surface area (Å²) >= 11 is 0. The van der Waals surface area contributed by atoms with Crippen LogP contribution in [0.25, 0.3) is 16.5 Å². The van der Waals surface area contributed by atoms with E-state index in [1.807, 2.05) is 4.90 Å². The van der Waals surface area contributed by atoms with Crippen molar-refractivity contribution in [3.8, 4) is 0 Å². The number of H-pyrrole nitrogens is 1. The van der Waals surface area contributed by atoms with Gasteiger partial charge in [-0.15, -0.1) is 0 Å². The van der Waals surface area contributed by atoms with Gasteiger partial charge < -0.3 is 20.3 Å². The minimum Gasteiger partial charge on any atom is -0.478 e. The predicted molar refractivity (Wildman–Crippen MR) is 129 cm³/mol. The predicted octanol–water partition coefficient (Wildman–Crippen LogP) is 2.75. The molecule has 0 spiro atoms. The number of rotatable bonds is 4. The van der Waals surface area contributed by atoms with Gasteiger partial charge in [0.05, 0.1) is 5.92 Å². The molecule has 1 saturated heterocycles. The van der Waals surface area contributed by atoms with E-state index < -0.39 is 5.97 Å². The van der Waals surface area contributed by atoms with Crippen LogP contribution in [0.15, 0.2) is 43.1 Å². The first-order valence-corrected chi connectivity index (χ1v) is 11.3. The number of carbonyl (C=O) groups is 2. The Morgan fingerprint density at radius 2 is 1.94 bits per heavy atom. The summed E-state index contributed by atoms with van der Waals surface area (Å²) in [7, 11) is 2.15. The van der Waals surface area contributed by atoms with Crippen LogP contribution in [0.5, 0.6) is 0 Å². The van der Waals surface area contributed by atoms with Crippen LogP contribution in [0, 0.1) is 5.92 Å². The van der Waals surface area contributed by atoms with E-state index in [-0.39, 0.29) is 11.8 Å². The molecule has 2 aromatic rings. The summed E-state index contributed by atoms with van der Waals surface area (Å²) in [6.07, 6.45) is 6.24. The molecule has 7 nitrogen and oxygen atoms in total. The number of aromatic nitrogens is 1. The molecule has 7 heteroatoms. The Kier molecular flexibility index (Phi) is 7.88. The van der Waals surface area contributed by atoms with Gasteiger partial charge in [-0.1, -0.05) is 24.8 Å². The fourth-order valence-corrected chi connectivity index (χ4v) is 4.38. The Morgan fingerprint density at radius 1 is 1.28 bits per heavy atom. The maximum Gasteiger partial charge on any atom is 0.327 e. The minimum absolute atomic E-state index is 0.0445. The SMILES string of the molecule is C1CN1.C=CC(=O)O.CCN(CC)C(=O)[C@@H]1C=C2c3cccc4[nH]cc(c34)C[C@H]2N(C)C1. The molecule has 0 radical (unpaired) electrons. The number of carbonyl (C=O) groups excluding carboxylic acids is 1. The summed E-state index contributed by atoms with van der Waals surface area (Å²) in [6, 6.07) is 6.82. The normalized spacial score (nSPS) is 20.5. The van der Waals surface area contributed by atoms with E-state index in [4.69, 9.17) is 5.11 Å². The lowest BCUT2D eigenvalue weighted by molar-refractivity contribution is -0.134. The highest BCUT2D eigenvalue weighted by Crippen LogP contribution is 2.40. The summed E-state index contributed by atoms with van der Waals surface area (Å²) in [4.78, 5) is 29.8. The summed E-state index contributed by atoms with van der Waals surface area (Å²) in [6.45, 7) is 11.9. The third kappa shape index (κ3) is 5.29. The van der Waals surface area contributed by atoms with E-state index in [9.17, 15) is 9.59 Å². The van der Waals surface area contributed by atoms with Gasteiger partial charge in [-0.05, 0) is 50.1 Å². The Morgan fingerprint density at radius 3 is 2.50 bits per heavy atom. The molecule has 172 valence electrons. The Bertz CT molecular complexity index is 1000. The molecular formula is C25H34N4O3. The molecule has 3 aliphatic rings. The van der Waals surface area contributed by atoms with Gasteiger partial charge in [0.1, 0.15) is 0 Å². The number of aromatic amines is 1. The van der Waals surface area contributed by atoms with Crippen molar-refractivity contribution in [1.82, 2.24) is 20.1 Å². The third-order valence-electron chi connectivity index (χ3n) is 6.09. The standard InChI is InChI=1S/C20H25N3O.C3H4O2.C2H5N/c1-4-23(5-2)20(24)14-9-16-15-7-6-8-17-19(15)13(11-21-17)10-18(16)22(3)12-14;1-2-3(4)5;1-2-3-1/h6-9,11,14,18,21H,4-5,10,12H2,1-3H3;2H,1H2,(H,4,5);3H,1-2H2/t14-,18-;;/m1../s1. The molecule has 1 aromatic heterocycles. The lowest BCUT2D eigenvalue weighted by Crippen LogP contribution is -2.47. The van der Waals surface area contributed by atoms with Gasteiger partial charge in [-0.3, -0.25) is 9.69 Å². The molecule has 0 unspecified atom stereocenters. The van der Waals surface area contributed by atoms with Crippen molar-refractivity contribution < 1.29 is 14.7 Å². The number of amides is 1. The van der Waals surface area contributed by atoms with Crippen molar-refractivity contribution in [3.05, 3.63) is 54.3 Å². The van der Waals surface area contributed by atoms with Gasteiger partial charge in [-0.25, -0.2) is 4.79 Å². The topological polar surface area (TPSA) is 98.6 Å². The first-order chi connectivity index (χ1) is 15.4. The summed E-state index contributed by atoms with van der Waals surface area (Å²) in [5.74, 6) is -0.772. The number of carboxylic acids is 1. The molecular weight excluding hydrogens is 404 g/mol. The molecule has 0 bridgehead atoms. The maximum absolute atomic E-state index is 12.9. The smallest absolute Gasteiger partial charge is 0.327 e. The zero-order valence-corrected chi connectivity index (χ0v) is 19.2. The van der Waals surface area contributed by atoms with Crippen LogP contribution >= 0.6 is 0 Å². The number of fused-ring (bicyclic) bond motifs is 2. The Hall–Kier alpha value is -2.90. The molecule has 2 atom stereocenters. The van der Waals surface area contributed by atoms with E-state index in [1.54, 1.807) is 0 Å². The summed E-state index contributed by atoms with van der Waals surface area (Å²) < 4.78 is 0. The van der Waals surface area contributed by atoms with Crippen LogP contribution in [0.4, 0.5) is 0 Å². The second-order valence-corrected chi connectivity index (χ2v) is 8.23. The zero-order valence-electron chi connectivity index (χ0n) is 19.2. The number of nitrogens with zero attached hydrogens (tertiary/aromatic N) is 2. The monoisotopic (exact) mass is 438 g/mol. The average molecular weight is 439 g/mol. The van der Waals surface area contributed by atoms with Crippen molar-refractivity contribution in [2.24, 2.45) is 5.92 Å². The van der Waals surface area contributed by atoms with Crippen molar-refractivity contribution in [1.29, 1.82) is 0 Å². The fourth-order valence-electron chi connectivity index (χ4n) is 4.38. The lowest BCUT2D eigenvalue weighted by Gasteiger charge is -2.40. The summed E-state index contributed by atoms with van der Waals surface area (Å²) in [5.41, 5.74) is 5.21. The van der Waals surface area contributed by atoms with Gasteiger partial charge >= 0.3 is 5.97 Å². The number of likely N-dealkylation sites (N-methyl/N-ethyl adjacent to an activating group) is 1. The molecule has 1 fully saturated rings. The van der Waals surface area contributed by atoms with Gasteiger partial charge in [0.15, 0.2) is 0 Å². The molecule has 2 aliphatic heterocycles. The van der Waals surface area contributed by atoms with Gasteiger partial charge in [0.25, 0.3) is 0 Å². The van der Waals surface area contributed by atoms with Crippen LogP contribution in [-0.2, 0) is 16.0 Å². The van der Waals surface area contributed by atoms with Crippen molar-refractivity contribution in [3.63, 3.8) is 0 Å². The molecule has 1 aliphatic carbocycles. The second kappa shape index (κ2) is 10.6. The quantitative estimate of drug-likeness (QED) is 0.504. The molecule has 5 rings (SSSR count). The van der Waals surface area contributed by atoms with Crippen LogP contribution in [0.2, 0.25) is 0 Å². The van der Waals surface area contributed by atoms with Gasteiger partial charge in [-0.2, -0.15) is 0 Å². The van der Waals surface area contributed by atoms with E-state index >= 15 is 0 Å². The van der Waals surface area contributed by atoms with Crippen molar-refractivity contribution >= 4 is 28.4 Å². The highest BCUT2D eigenvalue weighted by atomic mass is 16.4. The average Bonchev–Trinajstić information content (AvgIpc) is 3.63. The zero-order chi connectivity index (χ0) is 23.3. The van der Waals surface area contributed by atoms with E-state index in [0.717, 1.165) is 32.1 Å². The van der Waals surface area contributed by atoms with E-state index in [1.165, 1.54) is 40.7 Å². The van der Waals surface area contributed by atoms with Crippen LogP contribution in [0.1, 0.15) is 25.0 Å².